The van der Waals surface area contributed by atoms with E-state index < -0.39 is 0 Å². The lowest BCUT2D eigenvalue weighted by atomic mass is 10.0. The summed E-state index contributed by atoms with van der Waals surface area (Å²) in [5, 5.41) is 3.28. The van der Waals surface area contributed by atoms with E-state index in [1.54, 1.807) is 11.8 Å². The number of halogens is 2. The number of hydrogen-bond donors (Lipinski definition) is 0. The van der Waals surface area contributed by atoms with Crippen LogP contribution in [0.4, 0.5) is 0 Å². The van der Waals surface area contributed by atoms with Crippen LogP contribution in [0.25, 0.3) is 21.9 Å². The van der Waals surface area contributed by atoms with E-state index in [-0.39, 0.29) is 0 Å². The average molecular weight is 364 g/mol. The molecule has 0 aliphatic heterocycles. The molecule has 0 unspecified atom stereocenters. The molecule has 0 N–H and O–H groups in total. The van der Waals surface area contributed by atoms with E-state index >= 15 is 0 Å². The molecule has 0 saturated carbocycles. The second-order valence-corrected chi connectivity index (χ2v) is 6.49. The van der Waals surface area contributed by atoms with Gasteiger partial charge in [-0.1, -0.05) is 60.1 Å². The second-order valence-electron chi connectivity index (χ2n) is 4.47. The molecule has 0 saturated heterocycles. The van der Waals surface area contributed by atoms with Gasteiger partial charge in [-0.05, 0) is 50.2 Å². The van der Waals surface area contributed by atoms with Crippen molar-refractivity contribution >= 4 is 50.1 Å². The number of rotatable bonds is 2. The summed E-state index contributed by atoms with van der Waals surface area (Å²) in [5.74, 6) is 0. The van der Waals surface area contributed by atoms with Gasteiger partial charge in [-0.25, -0.2) is 0 Å². The maximum atomic E-state index is 6.22. The minimum Gasteiger partial charge on any atom is -0.128 e. The van der Waals surface area contributed by atoms with Gasteiger partial charge in [-0.2, -0.15) is 0 Å². The van der Waals surface area contributed by atoms with Crippen molar-refractivity contribution in [1.29, 1.82) is 0 Å². The molecule has 3 rings (SSSR count). The monoisotopic (exact) mass is 362 g/mol. The molecule has 0 nitrogen and oxygen atoms in total. The summed E-state index contributed by atoms with van der Waals surface area (Å²) in [4.78, 5) is 1.28. The zero-order chi connectivity index (χ0) is 14.1. The van der Waals surface area contributed by atoms with Crippen LogP contribution in [0.15, 0.2) is 64.0 Å². The van der Waals surface area contributed by atoms with Crippen LogP contribution in [-0.4, -0.2) is 6.26 Å². The van der Waals surface area contributed by atoms with Gasteiger partial charge in [-0.3, -0.25) is 0 Å². The fourth-order valence-corrected chi connectivity index (χ4v) is 3.84. The molecule has 0 aromatic heterocycles. The maximum absolute atomic E-state index is 6.22. The zero-order valence-corrected chi connectivity index (χ0v) is 14.0. The molecule has 3 aromatic carbocycles. The highest BCUT2D eigenvalue weighted by molar-refractivity contribution is 9.10. The van der Waals surface area contributed by atoms with E-state index in [9.17, 15) is 0 Å². The van der Waals surface area contributed by atoms with Crippen LogP contribution in [-0.2, 0) is 0 Å². The van der Waals surface area contributed by atoms with Crippen LogP contribution in [0.2, 0.25) is 5.02 Å². The van der Waals surface area contributed by atoms with E-state index in [0.29, 0.717) is 0 Å². The summed E-state index contributed by atoms with van der Waals surface area (Å²) in [6.45, 7) is 0. The minimum atomic E-state index is 0.739. The quantitative estimate of drug-likeness (QED) is 0.460. The van der Waals surface area contributed by atoms with Gasteiger partial charge in [0.15, 0.2) is 0 Å². The van der Waals surface area contributed by atoms with E-state index in [4.69, 9.17) is 11.6 Å². The highest BCUT2D eigenvalue weighted by atomic mass is 79.9. The van der Waals surface area contributed by atoms with Gasteiger partial charge in [-0.15, -0.1) is 11.8 Å². The molecule has 0 fully saturated rings. The smallest absolute Gasteiger partial charge is 0.0554 e. The fraction of sp³-hybridized carbons (Fsp3) is 0.0588. The van der Waals surface area contributed by atoms with Gasteiger partial charge in [0.1, 0.15) is 0 Å². The molecule has 0 aliphatic carbocycles. The Kier molecular flexibility index (Phi) is 4.06. The Bertz CT molecular complexity index is 783. The van der Waals surface area contributed by atoms with Crippen molar-refractivity contribution in [2.75, 3.05) is 6.26 Å². The maximum Gasteiger partial charge on any atom is 0.0554 e. The summed E-state index contributed by atoms with van der Waals surface area (Å²) >= 11 is 11.6. The SMILES string of the molecule is CSc1c(-c2cccc(Cl)c2Br)ccc2ccccc12. The molecule has 0 amide bonds. The molecule has 20 heavy (non-hydrogen) atoms. The Morgan fingerprint density at radius 3 is 2.50 bits per heavy atom. The molecule has 0 aliphatic rings. The van der Waals surface area contributed by atoms with Gasteiger partial charge in [0.25, 0.3) is 0 Å². The van der Waals surface area contributed by atoms with Crippen LogP contribution >= 0.6 is 39.3 Å². The summed E-state index contributed by atoms with van der Waals surface area (Å²) in [7, 11) is 0. The lowest BCUT2D eigenvalue weighted by Crippen LogP contribution is -1.86. The van der Waals surface area contributed by atoms with Crippen molar-refractivity contribution in [2.24, 2.45) is 0 Å². The first kappa shape index (κ1) is 14.0. The topological polar surface area (TPSA) is 0 Å². The van der Waals surface area contributed by atoms with E-state index in [1.807, 2.05) is 12.1 Å². The predicted molar refractivity (Wildman–Crippen MR) is 93.9 cm³/mol. The van der Waals surface area contributed by atoms with Crippen molar-refractivity contribution in [3.63, 3.8) is 0 Å². The normalized spacial score (nSPS) is 10.9. The molecule has 0 radical (unpaired) electrons. The Labute approximate surface area is 136 Å². The zero-order valence-electron chi connectivity index (χ0n) is 10.9. The molecule has 3 aromatic rings. The van der Waals surface area contributed by atoms with Gasteiger partial charge in [0.05, 0.1) is 5.02 Å². The highest BCUT2D eigenvalue weighted by Crippen LogP contribution is 2.41. The highest BCUT2D eigenvalue weighted by Gasteiger charge is 2.12. The van der Waals surface area contributed by atoms with Crippen LogP contribution < -0.4 is 0 Å². The number of benzene rings is 3. The van der Waals surface area contributed by atoms with Crippen LogP contribution in [0, 0.1) is 0 Å². The van der Waals surface area contributed by atoms with Crippen molar-refractivity contribution in [3.05, 3.63) is 64.1 Å². The number of hydrogen-bond acceptors (Lipinski definition) is 1. The molecular weight excluding hydrogens is 352 g/mol. The van der Waals surface area contributed by atoms with E-state index in [0.717, 1.165) is 15.1 Å². The standard InChI is InChI=1S/C17H12BrClS/c1-20-17-12-6-3-2-5-11(12)9-10-14(17)13-7-4-8-15(19)16(13)18/h2-10H,1H3. The summed E-state index contributed by atoms with van der Waals surface area (Å²) in [6, 6.07) is 18.8. The second kappa shape index (κ2) is 5.80. The molecule has 0 spiro atoms. The van der Waals surface area contributed by atoms with Gasteiger partial charge >= 0.3 is 0 Å². The summed E-state index contributed by atoms with van der Waals surface area (Å²) < 4.78 is 0.951. The van der Waals surface area contributed by atoms with Crippen LogP contribution in [0.3, 0.4) is 0 Å². The van der Waals surface area contributed by atoms with Crippen molar-refractivity contribution in [2.45, 2.75) is 4.90 Å². The third kappa shape index (κ3) is 2.37. The molecule has 0 atom stereocenters. The van der Waals surface area contributed by atoms with Gasteiger partial charge in [0, 0.05) is 9.37 Å². The largest absolute Gasteiger partial charge is 0.128 e. The first-order chi connectivity index (χ1) is 9.72. The number of fused-ring (bicyclic) bond motifs is 1. The molecule has 3 heteroatoms. The Morgan fingerprint density at radius 2 is 1.70 bits per heavy atom. The molecule has 0 heterocycles. The molecule has 0 bridgehead atoms. The minimum absolute atomic E-state index is 0.739. The first-order valence-electron chi connectivity index (χ1n) is 6.22. The summed E-state index contributed by atoms with van der Waals surface area (Å²) in [5.41, 5.74) is 2.35. The predicted octanol–water partition coefficient (Wildman–Crippen LogP) is 6.64. The fourth-order valence-electron chi connectivity index (χ4n) is 2.39. The third-order valence-electron chi connectivity index (χ3n) is 3.33. The lowest BCUT2D eigenvalue weighted by molar-refractivity contribution is 1.49. The van der Waals surface area contributed by atoms with Crippen molar-refractivity contribution in [1.82, 2.24) is 0 Å². The van der Waals surface area contributed by atoms with Crippen molar-refractivity contribution < 1.29 is 0 Å². The molecule has 100 valence electrons. The first-order valence-corrected chi connectivity index (χ1v) is 8.62. The molecular formula is C17H12BrClS. The van der Waals surface area contributed by atoms with Crippen molar-refractivity contribution in [3.8, 4) is 11.1 Å². The van der Waals surface area contributed by atoms with Crippen LogP contribution in [0.1, 0.15) is 0 Å². The Balaban J connectivity index is 2.34. The Morgan fingerprint density at radius 1 is 0.900 bits per heavy atom. The summed E-state index contributed by atoms with van der Waals surface area (Å²) in [6.07, 6.45) is 2.11. The van der Waals surface area contributed by atoms with E-state index in [2.05, 4.69) is 64.7 Å². The van der Waals surface area contributed by atoms with E-state index in [1.165, 1.54) is 21.2 Å². The van der Waals surface area contributed by atoms with Crippen LogP contribution in [0.5, 0.6) is 0 Å². The number of thioether (sulfide) groups is 1. The Hall–Kier alpha value is -0.960. The third-order valence-corrected chi connectivity index (χ3v) is 5.57. The average Bonchev–Trinajstić information content (AvgIpc) is 2.49. The lowest BCUT2D eigenvalue weighted by Gasteiger charge is -2.13. The van der Waals surface area contributed by atoms with Gasteiger partial charge < -0.3 is 0 Å². The van der Waals surface area contributed by atoms with Gasteiger partial charge in [0.2, 0.25) is 0 Å².